The number of carbonyl (C=O) groups excluding carboxylic acids is 2. The van der Waals surface area contributed by atoms with Crippen LogP contribution in [0.1, 0.15) is 64.4 Å². The highest BCUT2D eigenvalue weighted by Gasteiger charge is 2.47. The van der Waals surface area contributed by atoms with Crippen molar-refractivity contribution in [3.05, 3.63) is 64.7 Å². The third kappa shape index (κ3) is 5.85. The summed E-state index contributed by atoms with van der Waals surface area (Å²) in [6.45, 7) is 6.62. The Bertz CT molecular complexity index is 1260. The summed E-state index contributed by atoms with van der Waals surface area (Å²) >= 11 is 0. The fraction of sp³-hybridized carbons (Fsp3) is 0.562. The Morgan fingerprint density at radius 1 is 1.10 bits per heavy atom. The lowest BCUT2D eigenvalue weighted by molar-refractivity contribution is -0.0486. The van der Waals surface area contributed by atoms with Crippen LogP contribution >= 0.6 is 12.4 Å². The maximum Gasteiger partial charge on any atom is 0.256 e. The van der Waals surface area contributed by atoms with Crippen molar-refractivity contribution >= 4 is 29.9 Å². The summed E-state index contributed by atoms with van der Waals surface area (Å²) in [5.41, 5.74) is 4.82. The molecule has 2 aromatic carbocycles. The summed E-state index contributed by atoms with van der Waals surface area (Å²) in [6, 6.07) is 13.7. The number of hydrogen-bond acceptors (Lipinski definition) is 6. The van der Waals surface area contributed by atoms with Crippen LogP contribution in [0.2, 0.25) is 0 Å². The van der Waals surface area contributed by atoms with E-state index < -0.39 is 6.10 Å². The van der Waals surface area contributed by atoms with Gasteiger partial charge in [-0.3, -0.25) is 9.59 Å². The minimum Gasteiger partial charge on any atom is -0.390 e. The second kappa shape index (κ2) is 12.3. The summed E-state index contributed by atoms with van der Waals surface area (Å²) in [4.78, 5) is 33.1. The van der Waals surface area contributed by atoms with Gasteiger partial charge in [-0.1, -0.05) is 24.3 Å². The van der Waals surface area contributed by atoms with Gasteiger partial charge in [0, 0.05) is 69.9 Å². The molecular formula is C32H43ClN4O4. The number of β-amino-alcohol motifs (C(OH)–C–C–N with tert-alkyl or cyclic N) is 1. The zero-order valence-corrected chi connectivity index (χ0v) is 25.0. The fourth-order valence-corrected chi connectivity index (χ4v) is 7.19. The highest BCUT2D eigenvalue weighted by Crippen LogP contribution is 2.45. The standard InChI is InChI=1S/C32H42N4O4.ClH/c1-3-34-14-15-35(19-29(37)27-16-22-6-4-5-7-24(22)18-33-27)31(39)26-9-8-23(17-28(26)34)30(38)36-20-32(21-36)12-10-25(40-2)11-13-32;/h4-9,17,25,27,29,33,37H,3,10-16,18-21H2,1-2H3;1H/t27-,29?;/m0./s1. The second-order valence-corrected chi connectivity index (χ2v) is 12.2. The van der Waals surface area contributed by atoms with Gasteiger partial charge in [-0.25, -0.2) is 0 Å². The maximum absolute atomic E-state index is 13.7. The van der Waals surface area contributed by atoms with Gasteiger partial charge >= 0.3 is 0 Å². The number of hydrogen-bond donors (Lipinski definition) is 2. The maximum atomic E-state index is 13.7. The van der Waals surface area contributed by atoms with Crippen molar-refractivity contribution in [2.75, 3.05) is 51.3 Å². The van der Waals surface area contributed by atoms with Gasteiger partial charge in [0.15, 0.2) is 0 Å². The van der Waals surface area contributed by atoms with E-state index in [9.17, 15) is 14.7 Å². The molecule has 3 aliphatic heterocycles. The quantitative estimate of drug-likeness (QED) is 0.542. The summed E-state index contributed by atoms with van der Waals surface area (Å²) in [7, 11) is 1.79. The van der Waals surface area contributed by atoms with Gasteiger partial charge in [0.2, 0.25) is 0 Å². The number of aliphatic hydroxyl groups excluding tert-OH is 1. The van der Waals surface area contributed by atoms with Crippen molar-refractivity contribution in [3.8, 4) is 0 Å². The Balaban J connectivity index is 0.00000337. The molecule has 2 amide bonds. The number of carbonyl (C=O) groups is 2. The van der Waals surface area contributed by atoms with Crippen molar-refractivity contribution in [2.45, 2.75) is 63.8 Å². The molecule has 2 N–H and O–H groups in total. The number of nitrogens with one attached hydrogen (secondary N) is 1. The lowest BCUT2D eigenvalue weighted by atomic mass is 9.68. The van der Waals surface area contributed by atoms with E-state index in [-0.39, 0.29) is 42.2 Å². The number of rotatable bonds is 6. The first kappa shape index (κ1) is 29.8. The van der Waals surface area contributed by atoms with E-state index in [1.54, 1.807) is 18.1 Å². The van der Waals surface area contributed by atoms with E-state index in [0.29, 0.717) is 30.3 Å². The molecule has 9 heteroatoms. The first-order valence-electron chi connectivity index (χ1n) is 14.9. The molecule has 8 nitrogen and oxygen atoms in total. The summed E-state index contributed by atoms with van der Waals surface area (Å²) in [5.74, 6) is -0.0380. The Kier molecular flexibility index (Phi) is 8.95. The second-order valence-electron chi connectivity index (χ2n) is 12.2. The van der Waals surface area contributed by atoms with E-state index in [1.165, 1.54) is 11.1 Å². The molecule has 41 heavy (non-hydrogen) atoms. The predicted molar refractivity (Wildman–Crippen MR) is 162 cm³/mol. The third-order valence-corrected chi connectivity index (χ3v) is 9.78. The van der Waals surface area contributed by atoms with Gasteiger partial charge in [0.25, 0.3) is 11.8 Å². The van der Waals surface area contributed by atoms with E-state index >= 15 is 0 Å². The van der Waals surface area contributed by atoms with Crippen molar-refractivity contribution in [1.29, 1.82) is 0 Å². The van der Waals surface area contributed by atoms with Crippen LogP contribution in [0.4, 0.5) is 5.69 Å². The number of likely N-dealkylation sites (N-methyl/N-ethyl adjacent to an activating group) is 1. The largest absolute Gasteiger partial charge is 0.390 e. The molecule has 0 aromatic heterocycles. The summed E-state index contributed by atoms with van der Waals surface area (Å²) in [5, 5.41) is 14.6. The number of likely N-dealkylation sites (tertiary alicyclic amines) is 1. The Hall–Kier alpha value is -2.65. The molecule has 1 saturated carbocycles. The van der Waals surface area contributed by atoms with E-state index in [2.05, 4.69) is 29.3 Å². The lowest BCUT2D eigenvalue weighted by Crippen LogP contribution is -2.59. The summed E-state index contributed by atoms with van der Waals surface area (Å²) < 4.78 is 5.53. The lowest BCUT2D eigenvalue weighted by Gasteiger charge is -2.53. The molecule has 3 heterocycles. The first-order chi connectivity index (χ1) is 19.4. The Morgan fingerprint density at radius 3 is 2.51 bits per heavy atom. The highest BCUT2D eigenvalue weighted by atomic mass is 35.5. The molecule has 1 saturated heterocycles. The number of fused-ring (bicyclic) bond motifs is 2. The minimum atomic E-state index is -0.674. The van der Waals surface area contributed by atoms with Crippen molar-refractivity contribution < 1.29 is 19.4 Å². The normalized spacial score (nSPS) is 22.8. The van der Waals surface area contributed by atoms with Crippen LogP contribution in [-0.4, -0.2) is 91.3 Å². The number of amides is 2. The molecule has 4 aliphatic rings. The van der Waals surface area contributed by atoms with Crippen LogP contribution in [0.15, 0.2) is 42.5 Å². The fourth-order valence-electron chi connectivity index (χ4n) is 7.19. The molecule has 2 atom stereocenters. The van der Waals surface area contributed by atoms with Gasteiger partial charge in [-0.2, -0.15) is 0 Å². The average molecular weight is 583 g/mol. The number of nitrogens with zero attached hydrogens (tertiary/aromatic N) is 3. The smallest absolute Gasteiger partial charge is 0.256 e. The number of halogens is 1. The van der Waals surface area contributed by atoms with Gasteiger partial charge in [-0.05, 0) is 68.4 Å². The van der Waals surface area contributed by atoms with E-state index in [4.69, 9.17) is 4.74 Å². The molecule has 2 aromatic rings. The van der Waals surface area contributed by atoms with Gasteiger partial charge < -0.3 is 29.9 Å². The van der Waals surface area contributed by atoms with Crippen LogP contribution in [0.3, 0.4) is 0 Å². The van der Waals surface area contributed by atoms with Crippen molar-refractivity contribution in [2.24, 2.45) is 5.41 Å². The molecule has 0 bridgehead atoms. The number of ether oxygens (including phenoxy) is 1. The third-order valence-electron chi connectivity index (χ3n) is 9.78. The van der Waals surface area contributed by atoms with Gasteiger partial charge in [0.1, 0.15) is 0 Å². The van der Waals surface area contributed by atoms with Crippen LogP contribution in [0.5, 0.6) is 0 Å². The molecule has 6 rings (SSSR count). The van der Waals surface area contributed by atoms with Crippen molar-refractivity contribution in [3.63, 3.8) is 0 Å². The topological polar surface area (TPSA) is 85.3 Å². The molecule has 222 valence electrons. The van der Waals surface area contributed by atoms with Crippen LogP contribution in [-0.2, 0) is 17.7 Å². The summed E-state index contributed by atoms with van der Waals surface area (Å²) in [6.07, 6.45) is 4.79. The highest BCUT2D eigenvalue weighted by molar-refractivity contribution is 6.03. The van der Waals surface area contributed by atoms with E-state index in [0.717, 1.165) is 64.0 Å². The molecular weight excluding hydrogens is 540 g/mol. The Morgan fingerprint density at radius 2 is 1.80 bits per heavy atom. The van der Waals surface area contributed by atoms with Crippen molar-refractivity contribution in [1.82, 2.24) is 15.1 Å². The zero-order valence-electron chi connectivity index (χ0n) is 24.2. The van der Waals surface area contributed by atoms with Crippen LogP contribution < -0.4 is 10.2 Å². The minimum absolute atomic E-state index is 0. The number of aliphatic hydroxyl groups is 1. The molecule has 1 aliphatic carbocycles. The molecule has 2 fully saturated rings. The SMILES string of the molecule is CCN1CCN(CC(O)[C@@H]2Cc3ccccc3CN2)C(=O)c2ccc(C(=O)N3CC4(CCC(OC)CC4)C3)cc21.Cl. The molecule has 1 unspecified atom stereocenters. The predicted octanol–water partition coefficient (Wildman–Crippen LogP) is 3.50. The Labute approximate surface area is 249 Å². The van der Waals surface area contributed by atoms with E-state index in [1.807, 2.05) is 29.2 Å². The van der Waals surface area contributed by atoms with Crippen LogP contribution in [0, 0.1) is 5.41 Å². The number of benzene rings is 2. The average Bonchev–Trinajstić information content (AvgIpc) is 3.10. The first-order valence-corrected chi connectivity index (χ1v) is 14.9. The molecule has 0 radical (unpaired) electrons. The van der Waals surface area contributed by atoms with Gasteiger partial charge in [0.05, 0.1) is 23.5 Å². The monoisotopic (exact) mass is 582 g/mol. The number of methoxy groups -OCH3 is 1. The molecule has 1 spiro atoms. The zero-order chi connectivity index (χ0) is 27.9. The van der Waals surface area contributed by atoms with Gasteiger partial charge in [-0.15, -0.1) is 12.4 Å². The van der Waals surface area contributed by atoms with Crippen LogP contribution in [0.25, 0.3) is 0 Å². The number of anilines is 1.